The van der Waals surface area contributed by atoms with Crippen LogP contribution in [-0.4, -0.2) is 29.7 Å². The lowest BCUT2D eigenvalue weighted by Crippen LogP contribution is -2.24. The molecule has 0 aliphatic carbocycles. The molecular formula is C17H14N2O3. The monoisotopic (exact) mass is 294 g/mol. The molecule has 0 radical (unpaired) electrons. The number of hydrogen-bond acceptors (Lipinski definition) is 3. The van der Waals surface area contributed by atoms with Crippen LogP contribution in [0.5, 0.6) is 0 Å². The summed E-state index contributed by atoms with van der Waals surface area (Å²) in [6.45, 7) is 1.96. The zero-order valence-corrected chi connectivity index (χ0v) is 12.2. The quantitative estimate of drug-likeness (QED) is 0.865. The lowest BCUT2D eigenvalue weighted by molar-refractivity contribution is 0.0693. The van der Waals surface area contributed by atoms with Gasteiger partial charge in [0, 0.05) is 18.3 Å². The molecule has 1 heterocycles. The first-order valence-electron chi connectivity index (χ1n) is 6.82. The van der Waals surface area contributed by atoms with Gasteiger partial charge in [-0.1, -0.05) is 17.7 Å². The third-order valence-corrected chi connectivity index (χ3v) is 3.66. The van der Waals surface area contributed by atoms with Crippen LogP contribution in [0.2, 0.25) is 0 Å². The number of imide groups is 1. The van der Waals surface area contributed by atoms with Gasteiger partial charge in [0.2, 0.25) is 0 Å². The van der Waals surface area contributed by atoms with E-state index >= 15 is 0 Å². The minimum Gasteiger partial charge on any atom is -0.322 e. The number of fused-ring (bicyclic) bond motifs is 1. The first-order valence-corrected chi connectivity index (χ1v) is 6.82. The van der Waals surface area contributed by atoms with E-state index in [1.54, 1.807) is 6.07 Å². The molecule has 0 spiro atoms. The second-order valence-electron chi connectivity index (χ2n) is 5.25. The molecule has 1 aliphatic heterocycles. The summed E-state index contributed by atoms with van der Waals surface area (Å²) in [4.78, 5) is 37.1. The number of rotatable bonds is 2. The highest BCUT2D eigenvalue weighted by Crippen LogP contribution is 2.23. The van der Waals surface area contributed by atoms with Crippen LogP contribution in [0.4, 0.5) is 5.69 Å². The van der Waals surface area contributed by atoms with Crippen LogP contribution in [0.3, 0.4) is 0 Å². The summed E-state index contributed by atoms with van der Waals surface area (Å²) in [5.74, 6) is -1.04. The first kappa shape index (κ1) is 14.0. The normalized spacial score (nSPS) is 13.3. The van der Waals surface area contributed by atoms with Gasteiger partial charge in [0.05, 0.1) is 11.1 Å². The van der Waals surface area contributed by atoms with E-state index < -0.39 is 0 Å². The van der Waals surface area contributed by atoms with Crippen molar-refractivity contribution >= 4 is 23.4 Å². The van der Waals surface area contributed by atoms with Crippen molar-refractivity contribution in [1.29, 1.82) is 0 Å². The number of nitrogens with zero attached hydrogens (tertiary/aromatic N) is 1. The van der Waals surface area contributed by atoms with Gasteiger partial charge in [-0.3, -0.25) is 19.3 Å². The van der Waals surface area contributed by atoms with Crippen molar-refractivity contribution in [1.82, 2.24) is 4.90 Å². The van der Waals surface area contributed by atoms with Crippen molar-refractivity contribution in [3.05, 3.63) is 64.7 Å². The van der Waals surface area contributed by atoms with Crippen LogP contribution < -0.4 is 5.32 Å². The maximum absolute atomic E-state index is 12.2. The van der Waals surface area contributed by atoms with Crippen molar-refractivity contribution in [2.45, 2.75) is 6.92 Å². The number of aryl methyl sites for hydroxylation is 1. The summed E-state index contributed by atoms with van der Waals surface area (Å²) >= 11 is 0. The molecule has 0 atom stereocenters. The smallest absolute Gasteiger partial charge is 0.261 e. The van der Waals surface area contributed by atoms with Gasteiger partial charge in [0.25, 0.3) is 17.7 Å². The van der Waals surface area contributed by atoms with Gasteiger partial charge in [0.15, 0.2) is 0 Å². The van der Waals surface area contributed by atoms with Gasteiger partial charge in [-0.25, -0.2) is 0 Å². The number of carbonyl (C=O) groups is 3. The predicted molar refractivity (Wildman–Crippen MR) is 82.0 cm³/mol. The summed E-state index contributed by atoms with van der Waals surface area (Å²) in [7, 11) is 1.43. The molecule has 0 aromatic heterocycles. The van der Waals surface area contributed by atoms with Crippen molar-refractivity contribution in [3.8, 4) is 0 Å². The summed E-state index contributed by atoms with van der Waals surface area (Å²) in [6, 6.07) is 11.9. The minimum absolute atomic E-state index is 0.268. The molecule has 5 heteroatoms. The SMILES string of the molecule is Cc1ccc(NC(=O)c2ccc3c(c2)C(=O)N(C)C3=O)cc1. The number of hydrogen-bond donors (Lipinski definition) is 1. The zero-order chi connectivity index (χ0) is 15.9. The molecule has 0 bridgehead atoms. The lowest BCUT2D eigenvalue weighted by atomic mass is 10.1. The van der Waals surface area contributed by atoms with Gasteiger partial charge in [-0.2, -0.15) is 0 Å². The fourth-order valence-corrected chi connectivity index (χ4v) is 2.34. The highest BCUT2D eigenvalue weighted by Gasteiger charge is 2.33. The van der Waals surface area contributed by atoms with E-state index in [1.807, 2.05) is 31.2 Å². The molecule has 22 heavy (non-hydrogen) atoms. The molecule has 0 saturated heterocycles. The number of amides is 3. The van der Waals surface area contributed by atoms with Gasteiger partial charge in [-0.05, 0) is 37.3 Å². The first-order chi connectivity index (χ1) is 10.5. The maximum Gasteiger partial charge on any atom is 0.261 e. The standard InChI is InChI=1S/C17H14N2O3/c1-10-3-6-12(7-4-10)18-15(20)11-5-8-13-14(9-11)17(22)19(2)16(13)21/h3-9H,1-2H3,(H,18,20). The Labute approximate surface area is 127 Å². The Balaban J connectivity index is 1.87. The largest absolute Gasteiger partial charge is 0.322 e. The van der Waals surface area contributed by atoms with Gasteiger partial charge < -0.3 is 5.32 Å². The van der Waals surface area contributed by atoms with E-state index in [-0.39, 0.29) is 23.3 Å². The molecule has 0 unspecified atom stereocenters. The van der Waals surface area contributed by atoms with Crippen LogP contribution in [0.25, 0.3) is 0 Å². The third kappa shape index (κ3) is 2.26. The summed E-state index contributed by atoms with van der Waals surface area (Å²) in [5.41, 5.74) is 2.72. The molecule has 0 saturated carbocycles. The Bertz CT molecular complexity index is 794. The van der Waals surface area contributed by atoms with Crippen LogP contribution in [0.1, 0.15) is 36.6 Å². The summed E-state index contributed by atoms with van der Waals surface area (Å²) in [6.07, 6.45) is 0. The van der Waals surface area contributed by atoms with Crippen LogP contribution >= 0.6 is 0 Å². The molecule has 3 rings (SSSR count). The molecule has 1 aliphatic rings. The van der Waals surface area contributed by atoms with Crippen LogP contribution in [0, 0.1) is 6.92 Å². The molecule has 5 nitrogen and oxygen atoms in total. The Morgan fingerprint density at radius 1 is 0.955 bits per heavy atom. The topological polar surface area (TPSA) is 66.5 Å². The molecule has 0 fully saturated rings. The van der Waals surface area contributed by atoms with Crippen molar-refractivity contribution in [3.63, 3.8) is 0 Å². The Kier molecular flexibility index (Phi) is 3.25. The average Bonchev–Trinajstić information content (AvgIpc) is 2.74. The van der Waals surface area contributed by atoms with E-state index in [0.717, 1.165) is 10.5 Å². The van der Waals surface area contributed by atoms with Gasteiger partial charge in [0.1, 0.15) is 0 Å². The predicted octanol–water partition coefficient (Wildman–Crippen LogP) is 2.47. The van der Waals surface area contributed by atoms with E-state index in [2.05, 4.69) is 5.32 Å². The zero-order valence-electron chi connectivity index (χ0n) is 12.2. The number of benzene rings is 2. The van der Waals surface area contributed by atoms with Gasteiger partial charge in [-0.15, -0.1) is 0 Å². The fourth-order valence-electron chi connectivity index (χ4n) is 2.34. The molecular weight excluding hydrogens is 280 g/mol. The summed E-state index contributed by atoms with van der Waals surface area (Å²) < 4.78 is 0. The van der Waals surface area contributed by atoms with Gasteiger partial charge >= 0.3 is 0 Å². The van der Waals surface area contributed by atoms with E-state index in [4.69, 9.17) is 0 Å². The number of carbonyl (C=O) groups excluding carboxylic acids is 3. The third-order valence-electron chi connectivity index (χ3n) is 3.66. The van der Waals surface area contributed by atoms with Crippen molar-refractivity contribution in [2.75, 3.05) is 12.4 Å². The van der Waals surface area contributed by atoms with Crippen LogP contribution in [0.15, 0.2) is 42.5 Å². The van der Waals surface area contributed by atoms with Crippen LogP contribution in [-0.2, 0) is 0 Å². The van der Waals surface area contributed by atoms with E-state index in [1.165, 1.54) is 19.2 Å². The summed E-state index contributed by atoms with van der Waals surface area (Å²) in [5, 5.41) is 2.77. The van der Waals surface area contributed by atoms with Crippen molar-refractivity contribution < 1.29 is 14.4 Å². The Morgan fingerprint density at radius 3 is 2.27 bits per heavy atom. The highest BCUT2D eigenvalue weighted by atomic mass is 16.2. The second kappa shape index (κ2) is 5.11. The average molecular weight is 294 g/mol. The Morgan fingerprint density at radius 2 is 1.59 bits per heavy atom. The van der Waals surface area contributed by atoms with E-state index in [9.17, 15) is 14.4 Å². The lowest BCUT2D eigenvalue weighted by Gasteiger charge is -2.06. The number of anilines is 1. The molecule has 3 amide bonds. The maximum atomic E-state index is 12.2. The van der Waals surface area contributed by atoms with Crippen molar-refractivity contribution in [2.24, 2.45) is 0 Å². The molecule has 2 aromatic rings. The molecule has 2 aromatic carbocycles. The van der Waals surface area contributed by atoms with E-state index in [0.29, 0.717) is 16.8 Å². The fraction of sp³-hybridized carbons (Fsp3) is 0.118. The Hall–Kier alpha value is -2.95. The number of nitrogens with one attached hydrogen (secondary N) is 1. The molecule has 1 N–H and O–H groups in total. The second-order valence-corrected chi connectivity index (χ2v) is 5.25. The molecule has 110 valence electrons. The minimum atomic E-state index is -0.384. The highest BCUT2D eigenvalue weighted by molar-refractivity contribution is 6.22.